The van der Waals surface area contributed by atoms with Crippen molar-refractivity contribution in [3.63, 3.8) is 0 Å². The Morgan fingerprint density at radius 3 is 2.81 bits per heavy atom. The quantitative estimate of drug-likeness (QED) is 0.415. The first-order valence-electron chi connectivity index (χ1n) is 8.14. The molecule has 0 fully saturated rings. The van der Waals surface area contributed by atoms with E-state index in [-0.39, 0.29) is 5.75 Å². The number of hydrogen-bond acceptors (Lipinski definition) is 6. The molecule has 8 heteroatoms. The van der Waals surface area contributed by atoms with Crippen LogP contribution in [0.3, 0.4) is 0 Å². The lowest BCUT2D eigenvalue weighted by Crippen LogP contribution is -2.01. The Morgan fingerprint density at radius 1 is 1.15 bits per heavy atom. The van der Waals surface area contributed by atoms with Gasteiger partial charge in [0, 0.05) is 21.4 Å². The Hall–Kier alpha value is -2.22. The van der Waals surface area contributed by atoms with E-state index >= 15 is 0 Å². The van der Waals surface area contributed by atoms with Crippen LogP contribution < -0.4 is 0 Å². The lowest BCUT2D eigenvalue weighted by Gasteiger charge is -1.97. The number of thiophene rings is 1. The molecule has 0 bridgehead atoms. The number of benzene rings is 1. The van der Waals surface area contributed by atoms with E-state index in [1.54, 1.807) is 23.5 Å². The van der Waals surface area contributed by atoms with Crippen molar-refractivity contribution in [2.75, 3.05) is 0 Å². The molecular weight excluding hydrogens is 404 g/mol. The minimum absolute atomic E-state index is 0.282. The van der Waals surface area contributed by atoms with Gasteiger partial charge in [-0.15, -0.1) is 11.3 Å². The largest absolute Gasteiger partial charge is 0.444 e. The Morgan fingerprint density at radius 2 is 2.04 bits per heavy atom. The molecule has 3 heterocycles. The van der Waals surface area contributed by atoms with Crippen LogP contribution in [0.25, 0.3) is 22.2 Å². The molecule has 4 rings (SSSR count). The third kappa shape index (κ3) is 4.21. The monoisotopic (exact) mass is 418 g/mol. The van der Waals surface area contributed by atoms with Crippen LogP contribution in [-0.4, -0.2) is 14.2 Å². The first-order chi connectivity index (χ1) is 13.1. The molecule has 0 aliphatic carbocycles. The Kier molecular flexibility index (Phi) is 5.24. The predicted octanol–water partition coefficient (Wildman–Crippen LogP) is 5.47. The molecule has 0 saturated heterocycles. The summed E-state index contributed by atoms with van der Waals surface area (Å²) in [7, 11) is -1.18. The number of nitrogens with zero attached hydrogens (tertiary/aromatic N) is 2. The maximum absolute atomic E-state index is 12.6. The van der Waals surface area contributed by atoms with Crippen molar-refractivity contribution < 1.29 is 13.0 Å². The van der Waals surface area contributed by atoms with Crippen molar-refractivity contribution in [2.24, 2.45) is 0 Å². The van der Waals surface area contributed by atoms with Crippen LogP contribution in [0, 0.1) is 6.92 Å². The summed E-state index contributed by atoms with van der Waals surface area (Å²) in [4.78, 5) is 9.86. The molecule has 0 aliphatic rings. The van der Waals surface area contributed by atoms with Gasteiger partial charge in [-0.1, -0.05) is 23.7 Å². The minimum atomic E-state index is -1.18. The summed E-state index contributed by atoms with van der Waals surface area (Å²) in [5, 5.41) is 2.58. The van der Waals surface area contributed by atoms with Gasteiger partial charge in [-0.05, 0) is 36.6 Å². The highest BCUT2D eigenvalue weighted by Gasteiger charge is 2.16. The second-order valence-corrected chi connectivity index (χ2v) is 8.72. The van der Waals surface area contributed by atoms with E-state index in [0.717, 1.165) is 10.4 Å². The fraction of sp³-hybridized carbons (Fsp3) is 0.158. The van der Waals surface area contributed by atoms with Crippen molar-refractivity contribution in [3.8, 4) is 22.2 Å². The fourth-order valence-corrected chi connectivity index (χ4v) is 4.54. The van der Waals surface area contributed by atoms with Crippen molar-refractivity contribution in [2.45, 2.75) is 18.4 Å². The summed E-state index contributed by atoms with van der Waals surface area (Å²) >= 11 is 7.55. The second-order valence-electron chi connectivity index (χ2n) is 5.88. The highest BCUT2D eigenvalue weighted by atomic mass is 35.5. The van der Waals surface area contributed by atoms with Gasteiger partial charge in [0.15, 0.2) is 0 Å². The lowest BCUT2D eigenvalue weighted by atomic mass is 10.2. The molecule has 0 amide bonds. The fourth-order valence-electron chi connectivity index (χ4n) is 2.56. The van der Waals surface area contributed by atoms with Gasteiger partial charge in [-0.25, -0.2) is 9.97 Å². The predicted molar refractivity (Wildman–Crippen MR) is 107 cm³/mol. The van der Waals surface area contributed by atoms with E-state index in [4.69, 9.17) is 20.4 Å². The van der Waals surface area contributed by atoms with Gasteiger partial charge >= 0.3 is 0 Å². The average molecular weight is 419 g/mol. The molecule has 0 saturated carbocycles. The molecule has 4 aromatic rings. The summed E-state index contributed by atoms with van der Waals surface area (Å²) in [6, 6.07) is 11.2. The molecule has 1 atom stereocenters. The Labute approximate surface area is 167 Å². The SMILES string of the molecule is Cc1oc(-c2cccs2)nc1CS(=O)Cc1coc(-c2cccc(Cl)c2)n1. The van der Waals surface area contributed by atoms with E-state index < -0.39 is 10.8 Å². The minimum Gasteiger partial charge on any atom is -0.444 e. The highest BCUT2D eigenvalue weighted by molar-refractivity contribution is 7.83. The number of oxazole rings is 2. The van der Waals surface area contributed by atoms with Crippen molar-refractivity contribution in [1.29, 1.82) is 0 Å². The molecule has 1 unspecified atom stereocenters. The average Bonchev–Trinajstić information content (AvgIpc) is 3.37. The summed E-state index contributed by atoms with van der Waals surface area (Å²) in [6.07, 6.45) is 1.53. The number of aryl methyl sites for hydroxylation is 1. The molecule has 0 radical (unpaired) electrons. The zero-order valence-electron chi connectivity index (χ0n) is 14.3. The molecule has 0 N–H and O–H groups in total. The lowest BCUT2D eigenvalue weighted by molar-refractivity contribution is 0.541. The van der Waals surface area contributed by atoms with Gasteiger partial charge in [-0.2, -0.15) is 0 Å². The number of halogens is 1. The van der Waals surface area contributed by atoms with Crippen LogP contribution in [0.2, 0.25) is 5.02 Å². The van der Waals surface area contributed by atoms with E-state index in [2.05, 4.69) is 9.97 Å². The second kappa shape index (κ2) is 7.80. The first-order valence-corrected chi connectivity index (χ1v) is 10.9. The van der Waals surface area contributed by atoms with Gasteiger partial charge < -0.3 is 8.83 Å². The maximum atomic E-state index is 12.6. The third-order valence-electron chi connectivity index (χ3n) is 3.85. The van der Waals surface area contributed by atoms with Crippen molar-refractivity contribution >= 4 is 33.7 Å². The molecule has 5 nitrogen and oxygen atoms in total. The molecule has 0 spiro atoms. The van der Waals surface area contributed by atoms with Crippen molar-refractivity contribution in [1.82, 2.24) is 9.97 Å². The Balaban J connectivity index is 1.44. The van der Waals surface area contributed by atoms with Gasteiger partial charge in [0.25, 0.3) is 0 Å². The summed E-state index contributed by atoms with van der Waals surface area (Å²) in [5.74, 6) is 2.30. The van der Waals surface area contributed by atoms with Crippen LogP contribution in [0.4, 0.5) is 0 Å². The zero-order chi connectivity index (χ0) is 18.8. The van der Waals surface area contributed by atoms with Crippen LogP contribution in [0.5, 0.6) is 0 Å². The van der Waals surface area contributed by atoms with Crippen LogP contribution in [-0.2, 0) is 22.3 Å². The summed E-state index contributed by atoms with van der Waals surface area (Å²) < 4.78 is 23.8. The maximum Gasteiger partial charge on any atom is 0.236 e. The topological polar surface area (TPSA) is 69.1 Å². The van der Waals surface area contributed by atoms with Gasteiger partial charge in [-0.3, -0.25) is 4.21 Å². The normalized spacial score (nSPS) is 12.4. The smallest absolute Gasteiger partial charge is 0.236 e. The van der Waals surface area contributed by atoms with E-state index in [0.29, 0.717) is 39.7 Å². The van der Waals surface area contributed by atoms with Gasteiger partial charge in [0.2, 0.25) is 11.8 Å². The molecule has 0 aliphatic heterocycles. The summed E-state index contributed by atoms with van der Waals surface area (Å²) in [6.45, 7) is 1.84. The number of aromatic nitrogens is 2. The molecule has 3 aromatic heterocycles. The van der Waals surface area contributed by atoms with Gasteiger partial charge in [0.05, 0.1) is 27.8 Å². The highest BCUT2D eigenvalue weighted by Crippen LogP contribution is 2.27. The van der Waals surface area contributed by atoms with Crippen molar-refractivity contribution in [3.05, 3.63) is 70.2 Å². The standard InChI is InChI=1S/C19H15ClN2O3S2/c1-12-16(22-19(25-12)17-6-3-7-26-17)11-27(23)10-15-9-24-18(21-15)13-4-2-5-14(20)8-13/h2-9H,10-11H2,1H3. The van der Waals surface area contributed by atoms with Crippen LogP contribution >= 0.6 is 22.9 Å². The van der Waals surface area contributed by atoms with Crippen LogP contribution in [0.15, 0.2) is 56.9 Å². The van der Waals surface area contributed by atoms with E-state index in [9.17, 15) is 4.21 Å². The third-order valence-corrected chi connectivity index (χ3v) is 6.16. The Bertz CT molecular complexity index is 1090. The molecule has 138 valence electrons. The zero-order valence-corrected chi connectivity index (χ0v) is 16.7. The summed E-state index contributed by atoms with van der Waals surface area (Å²) in [5.41, 5.74) is 2.12. The first kappa shape index (κ1) is 18.2. The van der Waals surface area contributed by atoms with E-state index in [1.807, 2.05) is 36.6 Å². The molecular formula is C19H15ClN2O3S2. The molecule has 27 heavy (non-hydrogen) atoms. The van der Waals surface area contributed by atoms with E-state index in [1.165, 1.54) is 6.26 Å². The number of hydrogen-bond donors (Lipinski definition) is 0. The number of rotatable bonds is 6. The van der Waals surface area contributed by atoms with Crippen LogP contribution in [0.1, 0.15) is 17.1 Å². The molecule has 1 aromatic carbocycles. The van der Waals surface area contributed by atoms with Gasteiger partial charge in [0.1, 0.15) is 12.0 Å².